The smallest absolute Gasteiger partial charge is 0.308 e. The molecule has 5 nitrogen and oxygen atoms in total. The second kappa shape index (κ2) is 7.47. The molecular weight excluding hydrogens is 355 g/mol. The van der Waals surface area contributed by atoms with Gasteiger partial charge in [0.2, 0.25) is 0 Å². The zero-order valence-corrected chi connectivity index (χ0v) is 14.3. The molecule has 0 bridgehead atoms. The van der Waals surface area contributed by atoms with Crippen LogP contribution in [0, 0.1) is 0 Å². The topological polar surface area (TPSA) is 69.7 Å². The first-order valence-electron chi connectivity index (χ1n) is 6.78. The molecule has 0 unspecified atom stereocenters. The molecule has 0 amide bonds. The first-order chi connectivity index (χ1) is 11.3. The molecule has 0 N–H and O–H groups in total. The van der Waals surface area contributed by atoms with E-state index in [0.29, 0.717) is 11.3 Å². The number of esters is 2. The standard InChI is InChI=1S/C17H12Cl2O5/c1-9(20)23-13-5-3-11(4-6-13)16(22)12-7-14(18)17(15(19)8-12)24-10(2)21/h3-8H,1-2H3. The van der Waals surface area contributed by atoms with Gasteiger partial charge in [0, 0.05) is 25.0 Å². The van der Waals surface area contributed by atoms with Gasteiger partial charge >= 0.3 is 11.9 Å². The number of hydrogen-bond acceptors (Lipinski definition) is 5. The maximum atomic E-state index is 12.5. The van der Waals surface area contributed by atoms with Crippen molar-refractivity contribution >= 4 is 40.9 Å². The van der Waals surface area contributed by atoms with Gasteiger partial charge < -0.3 is 9.47 Å². The Kier molecular flexibility index (Phi) is 5.59. The molecule has 0 saturated heterocycles. The van der Waals surface area contributed by atoms with Crippen LogP contribution >= 0.6 is 23.2 Å². The third kappa shape index (κ3) is 4.34. The molecular formula is C17H12Cl2O5. The van der Waals surface area contributed by atoms with Gasteiger partial charge in [-0.1, -0.05) is 23.2 Å². The number of ketones is 1. The van der Waals surface area contributed by atoms with Gasteiger partial charge in [0.05, 0.1) is 10.0 Å². The van der Waals surface area contributed by atoms with E-state index in [-0.39, 0.29) is 27.1 Å². The number of ether oxygens (including phenoxy) is 2. The molecule has 0 radical (unpaired) electrons. The fourth-order valence-electron chi connectivity index (χ4n) is 1.94. The fourth-order valence-corrected chi connectivity index (χ4v) is 2.50. The van der Waals surface area contributed by atoms with Crippen LogP contribution < -0.4 is 9.47 Å². The Morgan fingerprint density at radius 3 is 1.75 bits per heavy atom. The van der Waals surface area contributed by atoms with Gasteiger partial charge in [0.25, 0.3) is 0 Å². The van der Waals surface area contributed by atoms with Crippen molar-refractivity contribution in [3.05, 3.63) is 57.6 Å². The molecule has 2 aromatic rings. The number of rotatable bonds is 4. The summed E-state index contributed by atoms with van der Waals surface area (Å²) in [6.45, 7) is 2.50. The van der Waals surface area contributed by atoms with Crippen LogP contribution in [0.1, 0.15) is 29.8 Å². The van der Waals surface area contributed by atoms with Crippen LogP contribution in [0.4, 0.5) is 0 Å². The average Bonchev–Trinajstić information content (AvgIpc) is 2.50. The van der Waals surface area contributed by atoms with Crippen molar-refractivity contribution in [3.63, 3.8) is 0 Å². The second-order valence-corrected chi connectivity index (χ2v) is 5.62. The van der Waals surface area contributed by atoms with Crippen molar-refractivity contribution in [2.45, 2.75) is 13.8 Å². The highest BCUT2D eigenvalue weighted by molar-refractivity contribution is 6.38. The van der Waals surface area contributed by atoms with E-state index in [9.17, 15) is 14.4 Å². The Balaban J connectivity index is 2.29. The van der Waals surface area contributed by atoms with Crippen molar-refractivity contribution < 1.29 is 23.9 Å². The third-order valence-electron chi connectivity index (χ3n) is 2.88. The Labute approximate surface area is 148 Å². The number of benzene rings is 2. The number of carbonyl (C=O) groups is 3. The van der Waals surface area contributed by atoms with Crippen molar-refractivity contribution in [2.24, 2.45) is 0 Å². The minimum atomic E-state index is -0.570. The summed E-state index contributed by atoms with van der Waals surface area (Å²) in [4.78, 5) is 34.4. The van der Waals surface area contributed by atoms with Crippen molar-refractivity contribution in [3.8, 4) is 11.5 Å². The van der Waals surface area contributed by atoms with Crippen molar-refractivity contribution in [1.29, 1.82) is 0 Å². The van der Waals surface area contributed by atoms with Gasteiger partial charge in [-0.15, -0.1) is 0 Å². The maximum absolute atomic E-state index is 12.5. The minimum absolute atomic E-state index is 0.00703. The van der Waals surface area contributed by atoms with E-state index in [1.807, 2.05) is 0 Å². The lowest BCUT2D eigenvalue weighted by Crippen LogP contribution is -2.06. The third-order valence-corrected chi connectivity index (χ3v) is 3.45. The summed E-state index contributed by atoms with van der Waals surface area (Å²) >= 11 is 12.0. The van der Waals surface area contributed by atoms with Gasteiger partial charge in [-0.2, -0.15) is 0 Å². The summed E-state index contributed by atoms with van der Waals surface area (Å²) in [6.07, 6.45) is 0. The SMILES string of the molecule is CC(=O)Oc1ccc(C(=O)c2cc(Cl)c(OC(C)=O)c(Cl)c2)cc1. The van der Waals surface area contributed by atoms with E-state index < -0.39 is 11.9 Å². The first-order valence-corrected chi connectivity index (χ1v) is 7.54. The van der Waals surface area contributed by atoms with E-state index in [1.54, 1.807) is 0 Å². The average molecular weight is 367 g/mol. The quantitative estimate of drug-likeness (QED) is 0.463. The normalized spacial score (nSPS) is 10.2. The largest absolute Gasteiger partial charge is 0.427 e. The van der Waals surface area contributed by atoms with Crippen LogP contribution in [0.2, 0.25) is 10.0 Å². The predicted molar refractivity (Wildman–Crippen MR) is 89.0 cm³/mol. The summed E-state index contributed by atoms with van der Waals surface area (Å²) in [6, 6.07) is 8.78. The number of hydrogen-bond donors (Lipinski definition) is 0. The Morgan fingerprint density at radius 1 is 0.792 bits per heavy atom. The van der Waals surface area contributed by atoms with E-state index >= 15 is 0 Å². The lowest BCUT2D eigenvalue weighted by atomic mass is 10.0. The molecule has 7 heteroatoms. The van der Waals surface area contributed by atoms with E-state index in [4.69, 9.17) is 32.7 Å². The molecule has 124 valence electrons. The summed E-state index contributed by atoms with van der Waals surface area (Å²) in [5.41, 5.74) is 0.597. The van der Waals surface area contributed by atoms with E-state index in [2.05, 4.69) is 0 Å². The Hall–Kier alpha value is -2.37. The monoisotopic (exact) mass is 366 g/mol. The molecule has 2 aromatic carbocycles. The molecule has 0 aliphatic carbocycles. The van der Waals surface area contributed by atoms with Gasteiger partial charge in [0.1, 0.15) is 5.75 Å². The summed E-state index contributed by atoms with van der Waals surface area (Å²) in [5, 5.41) is 0.107. The molecule has 24 heavy (non-hydrogen) atoms. The molecule has 2 rings (SSSR count). The summed E-state index contributed by atoms with van der Waals surface area (Å²) < 4.78 is 9.81. The molecule has 0 aromatic heterocycles. The Bertz CT molecular complexity index is 789. The van der Waals surface area contributed by atoms with E-state index in [1.165, 1.54) is 50.2 Å². The van der Waals surface area contributed by atoms with Crippen molar-refractivity contribution in [1.82, 2.24) is 0 Å². The second-order valence-electron chi connectivity index (χ2n) is 4.81. The van der Waals surface area contributed by atoms with Crippen LogP contribution in [-0.4, -0.2) is 17.7 Å². The van der Waals surface area contributed by atoms with E-state index in [0.717, 1.165) is 0 Å². The summed E-state index contributed by atoms with van der Waals surface area (Å²) in [5.74, 6) is -1.01. The minimum Gasteiger partial charge on any atom is -0.427 e. The molecule has 0 aliphatic heterocycles. The lowest BCUT2D eigenvalue weighted by molar-refractivity contribution is -0.132. The maximum Gasteiger partial charge on any atom is 0.308 e. The molecule has 0 spiro atoms. The number of halogens is 2. The lowest BCUT2D eigenvalue weighted by Gasteiger charge is -2.09. The Morgan fingerprint density at radius 2 is 1.29 bits per heavy atom. The van der Waals surface area contributed by atoms with Gasteiger partial charge in [-0.05, 0) is 36.4 Å². The molecule has 0 atom stereocenters. The van der Waals surface area contributed by atoms with Crippen LogP contribution in [0.15, 0.2) is 36.4 Å². The highest BCUT2D eigenvalue weighted by Gasteiger charge is 2.17. The molecule has 0 aliphatic rings. The van der Waals surface area contributed by atoms with Crippen molar-refractivity contribution in [2.75, 3.05) is 0 Å². The zero-order chi connectivity index (χ0) is 17.9. The molecule has 0 heterocycles. The van der Waals surface area contributed by atoms with Crippen LogP contribution in [0.3, 0.4) is 0 Å². The van der Waals surface area contributed by atoms with Gasteiger partial charge in [-0.25, -0.2) is 0 Å². The summed E-state index contributed by atoms with van der Waals surface area (Å²) in [7, 11) is 0. The number of carbonyl (C=O) groups excluding carboxylic acids is 3. The van der Waals surface area contributed by atoms with Gasteiger partial charge in [-0.3, -0.25) is 14.4 Å². The fraction of sp³-hybridized carbons (Fsp3) is 0.118. The molecule has 0 fully saturated rings. The zero-order valence-electron chi connectivity index (χ0n) is 12.8. The van der Waals surface area contributed by atoms with Crippen LogP contribution in [0.25, 0.3) is 0 Å². The van der Waals surface area contributed by atoms with Crippen LogP contribution in [-0.2, 0) is 9.59 Å². The predicted octanol–water partition coefficient (Wildman–Crippen LogP) is 4.08. The van der Waals surface area contributed by atoms with Crippen LogP contribution in [0.5, 0.6) is 11.5 Å². The van der Waals surface area contributed by atoms with Gasteiger partial charge in [0.15, 0.2) is 11.5 Å². The highest BCUT2D eigenvalue weighted by Crippen LogP contribution is 2.35. The first kappa shape index (κ1) is 18.0. The molecule has 0 saturated carbocycles. The highest BCUT2D eigenvalue weighted by atomic mass is 35.5.